The maximum absolute atomic E-state index is 6.30. The molecule has 0 spiro atoms. The van der Waals surface area contributed by atoms with E-state index in [1.807, 2.05) is 13.0 Å². The minimum Gasteiger partial charge on any atom is -0.324 e. The van der Waals surface area contributed by atoms with Crippen molar-refractivity contribution in [1.82, 2.24) is 9.55 Å². The highest BCUT2D eigenvalue weighted by atomic mass is 35.5. The molecule has 3 heteroatoms. The Balaban J connectivity index is 2.35. The van der Waals surface area contributed by atoms with Crippen LogP contribution < -0.4 is 0 Å². The molecule has 0 radical (unpaired) electrons. The Morgan fingerprint density at radius 3 is 2.63 bits per heavy atom. The second-order valence-corrected chi connectivity index (χ2v) is 5.94. The zero-order valence-electron chi connectivity index (χ0n) is 12.1. The van der Waals surface area contributed by atoms with Crippen molar-refractivity contribution in [1.29, 1.82) is 0 Å². The number of benzene rings is 1. The smallest absolute Gasteiger partial charge is 0.127 e. The van der Waals surface area contributed by atoms with Gasteiger partial charge in [-0.3, -0.25) is 0 Å². The lowest BCUT2D eigenvalue weighted by atomic mass is 10.1. The largest absolute Gasteiger partial charge is 0.324 e. The molecule has 19 heavy (non-hydrogen) atoms. The number of aromatic nitrogens is 2. The Hall–Kier alpha value is -1.02. The number of para-hydroxylation sites is 2. The van der Waals surface area contributed by atoms with Gasteiger partial charge in [-0.1, -0.05) is 38.3 Å². The molecule has 0 amide bonds. The van der Waals surface area contributed by atoms with E-state index in [2.05, 4.69) is 36.6 Å². The van der Waals surface area contributed by atoms with Crippen LogP contribution in [-0.2, 0) is 0 Å². The van der Waals surface area contributed by atoms with E-state index in [4.69, 9.17) is 16.6 Å². The van der Waals surface area contributed by atoms with E-state index in [0.29, 0.717) is 6.04 Å². The molecule has 104 valence electrons. The lowest BCUT2D eigenvalue weighted by Gasteiger charge is -2.18. The summed E-state index contributed by atoms with van der Waals surface area (Å²) in [6.07, 6.45) is 5.00. The summed E-state index contributed by atoms with van der Waals surface area (Å²) in [4.78, 5) is 4.69. The number of hydrogen-bond donors (Lipinski definition) is 0. The Kier molecular flexibility index (Phi) is 4.87. The Bertz CT molecular complexity index is 531. The van der Waals surface area contributed by atoms with Gasteiger partial charge in [0.25, 0.3) is 0 Å². The monoisotopic (exact) mass is 278 g/mol. The van der Waals surface area contributed by atoms with Crippen molar-refractivity contribution in [3.8, 4) is 0 Å². The summed E-state index contributed by atoms with van der Waals surface area (Å²) in [6, 6.07) is 8.76. The second-order valence-electron chi connectivity index (χ2n) is 5.29. The predicted molar refractivity (Wildman–Crippen MR) is 82.9 cm³/mol. The number of hydrogen-bond acceptors (Lipinski definition) is 1. The lowest BCUT2D eigenvalue weighted by molar-refractivity contribution is 0.472. The van der Waals surface area contributed by atoms with Crippen LogP contribution >= 0.6 is 11.6 Å². The first-order valence-corrected chi connectivity index (χ1v) is 7.69. The second kappa shape index (κ2) is 6.42. The molecule has 1 aromatic carbocycles. The van der Waals surface area contributed by atoms with E-state index in [0.717, 1.165) is 11.3 Å². The average molecular weight is 279 g/mol. The van der Waals surface area contributed by atoms with Gasteiger partial charge < -0.3 is 4.57 Å². The van der Waals surface area contributed by atoms with Gasteiger partial charge >= 0.3 is 0 Å². The van der Waals surface area contributed by atoms with Gasteiger partial charge in [0.05, 0.1) is 16.4 Å². The molecule has 0 aliphatic carbocycles. The third kappa shape index (κ3) is 3.11. The molecular weight excluding hydrogens is 256 g/mol. The average Bonchev–Trinajstić information content (AvgIpc) is 2.78. The van der Waals surface area contributed by atoms with Crippen LogP contribution in [0, 0.1) is 0 Å². The summed E-state index contributed by atoms with van der Waals surface area (Å²) in [7, 11) is 0. The molecule has 1 heterocycles. The Morgan fingerprint density at radius 1 is 1.21 bits per heavy atom. The van der Waals surface area contributed by atoms with E-state index >= 15 is 0 Å². The lowest BCUT2D eigenvalue weighted by Crippen LogP contribution is -2.10. The van der Waals surface area contributed by atoms with E-state index in [1.165, 1.54) is 31.2 Å². The fourth-order valence-electron chi connectivity index (χ4n) is 2.63. The number of alkyl halides is 1. The maximum atomic E-state index is 6.30. The van der Waals surface area contributed by atoms with Crippen molar-refractivity contribution in [3.63, 3.8) is 0 Å². The summed E-state index contributed by atoms with van der Waals surface area (Å²) in [5, 5.41) is -0.0546. The van der Waals surface area contributed by atoms with Crippen LogP contribution in [0.1, 0.15) is 63.7 Å². The predicted octanol–water partition coefficient (Wildman–Crippen LogP) is 5.48. The fraction of sp³-hybridized carbons (Fsp3) is 0.562. The molecule has 0 saturated carbocycles. The zero-order valence-corrected chi connectivity index (χ0v) is 12.8. The van der Waals surface area contributed by atoms with Crippen molar-refractivity contribution in [2.75, 3.05) is 0 Å². The molecule has 2 nitrogen and oxygen atoms in total. The van der Waals surface area contributed by atoms with Crippen LogP contribution in [0.3, 0.4) is 0 Å². The van der Waals surface area contributed by atoms with Gasteiger partial charge in [0.2, 0.25) is 0 Å². The number of unbranched alkanes of at least 4 members (excludes halogenated alkanes) is 2. The maximum Gasteiger partial charge on any atom is 0.127 e. The first kappa shape index (κ1) is 14.4. The van der Waals surface area contributed by atoms with Gasteiger partial charge in [-0.2, -0.15) is 0 Å². The summed E-state index contributed by atoms with van der Waals surface area (Å²) in [5.41, 5.74) is 2.25. The van der Waals surface area contributed by atoms with Crippen molar-refractivity contribution < 1.29 is 0 Å². The molecule has 0 bridgehead atoms. The Labute approximate surface area is 120 Å². The van der Waals surface area contributed by atoms with E-state index in [1.54, 1.807) is 0 Å². The van der Waals surface area contributed by atoms with Crippen LogP contribution in [0.15, 0.2) is 24.3 Å². The van der Waals surface area contributed by atoms with Crippen molar-refractivity contribution in [3.05, 3.63) is 30.1 Å². The number of nitrogens with zero attached hydrogens (tertiary/aromatic N) is 2. The standard InChI is InChI=1S/C16H23ClN2/c1-4-5-6-9-12(2)19-15-11-8-7-10-14(15)18-16(19)13(3)17/h7-8,10-13H,4-6,9H2,1-3H3. The topological polar surface area (TPSA) is 17.8 Å². The minimum absolute atomic E-state index is 0.0546. The highest BCUT2D eigenvalue weighted by Crippen LogP contribution is 2.29. The third-order valence-electron chi connectivity index (χ3n) is 3.65. The highest BCUT2D eigenvalue weighted by molar-refractivity contribution is 6.20. The van der Waals surface area contributed by atoms with Crippen LogP contribution in [0.25, 0.3) is 11.0 Å². The molecule has 0 fully saturated rings. The fourth-order valence-corrected chi connectivity index (χ4v) is 2.78. The number of fused-ring (bicyclic) bond motifs is 1. The molecular formula is C16H23ClN2. The van der Waals surface area contributed by atoms with Crippen molar-refractivity contribution in [2.24, 2.45) is 0 Å². The number of halogens is 1. The van der Waals surface area contributed by atoms with Crippen LogP contribution in [-0.4, -0.2) is 9.55 Å². The molecule has 2 rings (SSSR count). The van der Waals surface area contributed by atoms with Gasteiger partial charge in [-0.15, -0.1) is 11.6 Å². The molecule has 2 atom stereocenters. The van der Waals surface area contributed by atoms with Crippen molar-refractivity contribution in [2.45, 2.75) is 57.9 Å². The summed E-state index contributed by atoms with van der Waals surface area (Å²) < 4.78 is 2.32. The highest BCUT2D eigenvalue weighted by Gasteiger charge is 2.18. The summed E-state index contributed by atoms with van der Waals surface area (Å²) in [5.74, 6) is 0.992. The molecule has 0 saturated heterocycles. The van der Waals surface area contributed by atoms with E-state index in [9.17, 15) is 0 Å². The first-order chi connectivity index (χ1) is 9.15. The molecule has 1 aromatic heterocycles. The molecule has 2 unspecified atom stereocenters. The minimum atomic E-state index is -0.0546. The van der Waals surface area contributed by atoms with Gasteiger partial charge in [-0.25, -0.2) is 4.98 Å². The SMILES string of the molecule is CCCCCC(C)n1c(C(C)Cl)nc2ccccc21. The number of rotatable bonds is 6. The quantitative estimate of drug-likeness (QED) is 0.505. The van der Waals surface area contributed by atoms with E-state index < -0.39 is 0 Å². The molecule has 0 N–H and O–H groups in total. The van der Waals surface area contributed by atoms with Crippen LogP contribution in [0.2, 0.25) is 0 Å². The van der Waals surface area contributed by atoms with Crippen LogP contribution in [0.5, 0.6) is 0 Å². The normalized spacial score (nSPS) is 14.7. The molecule has 0 aliphatic heterocycles. The summed E-state index contributed by atoms with van der Waals surface area (Å²) >= 11 is 6.30. The first-order valence-electron chi connectivity index (χ1n) is 7.26. The third-order valence-corrected chi connectivity index (χ3v) is 3.84. The molecule has 2 aromatic rings. The van der Waals surface area contributed by atoms with Crippen LogP contribution in [0.4, 0.5) is 0 Å². The van der Waals surface area contributed by atoms with Gasteiger partial charge in [-0.05, 0) is 32.4 Å². The van der Waals surface area contributed by atoms with Gasteiger partial charge in [0.15, 0.2) is 0 Å². The summed E-state index contributed by atoms with van der Waals surface area (Å²) in [6.45, 7) is 6.51. The van der Waals surface area contributed by atoms with Crippen molar-refractivity contribution >= 4 is 22.6 Å². The van der Waals surface area contributed by atoms with Gasteiger partial charge in [0.1, 0.15) is 5.82 Å². The Morgan fingerprint density at radius 2 is 1.95 bits per heavy atom. The van der Waals surface area contributed by atoms with Gasteiger partial charge in [0, 0.05) is 6.04 Å². The number of imidazole rings is 1. The molecule has 0 aliphatic rings. The zero-order chi connectivity index (χ0) is 13.8. The van der Waals surface area contributed by atoms with E-state index in [-0.39, 0.29) is 5.38 Å².